The van der Waals surface area contributed by atoms with Crippen molar-refractivity contribution in [3.63, 3.8) is 0 Å². The molecule has 0 aliphatic heterocycles. The lowest BCUT2D eigenvalue weighted by Crippen LogP contribution is -2.34. The third-order valence-corrected chi connectivity index (χ3v) is 4.72. The van der Waals surface area contributed by atoms with Gasteiger partial charge in [0.2, 0.25) is 10.0 Å². The van der Waals surface area contributed by atoms with E-state index in [2.05, 4.69) is 0 Å². The molecule has 0 heterocycles. The fourth-order valence-electron chi connectivity index (χ4n) is 1.78. The Bertz CT molecular complexity index is 586. The average Bonchev–Trinajstić information content (AvgIpc) is 2.43. The number of benzene rings is 1. The van der Waals surface area contributed by atoms with Gasteiger partial charge < -0.3 is 14.7 Å². The Morgan fingerprint density at radius 3 is 2.43 bits per heavy atom. The summed E-state index contributed by atoms with van der Waals surface area (Å²) < 4.78 is 30.7. The maximum atomic E-state index is 12.3. The van der Waals surface area contributed by atoms with Crippen LogP contribution in [-0.4, -0.2) is 64.7 Å². The normalized spacial score (nSPS) is 11.6. The van der Waals surface area contributed by atoms with Crippen molar-refractivity contribution >= 4 is 21.7 Å². The second-order valence-corrected chi connectivity index (χ2v) is 6.68. The Morgan fingerprint density at radius 2 is 1.90 bits per heavy atom. The van der Waals surface area contributed by atoms with Crippen molar-refractivity contribution < 1.29 is 23.1 Å². The van der Waals surface area contributed by atoms with Crippen LogP contribution in [0.5, 0.6) is 0 Å². The lowest BCUT2D eigenvalue weighted by atomic mass is 10.3. The average molecular weight is 316 g/mol. The minimum atomic E-state index is -3.66. The number of aliphatic carboxylic acids is 1. The zero-order valence-electron chi connectivity index (χ0n) is 12.3. The van der Waals surface area contributed by atoms with E-state index in [0.717, 1.165) is 4.31 Å². The van der Waals surface area contributed by atoms with Crippen molar-refractivity contribution in [2.75, 3.05) is 45.8 Å². The molecule has 1 rings (SSSR count). The smallest absolute Gasteiger partial charge is 0.323 e. The monoisotopic (exact) mass is 316 g/mol. The third-order valence-electron chi connectivity index (χ3n) is 2.86. The van der Waals surface area contributed by atoms with E-state index in [-0.39, 0.29) is 18.0 Å². The van der Waals surface area contributed by atoms with Crippen LogP contribution in [0.1, 0.15) is 0 Å². The van der Waals surface area contributed by atoms with Crippen LogP contribution < -0.4 is 4.90 Å². The molecule has 118 valence electrons. The largest absolute Gasteiger partial charge is 0.480 e. The van der Waals surface area contributed by atoms with Crippen molar-refractivity contribution in [1.29, 1.82) is 0 Å². The molecule has 1 N–H and O–H groups in total. The van der Waals surface area contributed by atoms with Crippen LogP contribution in [0.15, 0.2) is 29.2 Å². The molecule has 1 aromatic rings. The summed E-state index contributed by atoms with van der Waals surface area (Å²) in [6.45, 7) is 0.274. The standard InChI is InChI=1S/C13H20N2O5S/c1-14(2)21(18,19)12-7-5-4-6-11(12)15(8-9-20-3)10-13(16)17/h4-7H,8-10H2,1-3H3,(H,16,17). The summed E-state index contributed by atoms with van der Waals surface area (Å²) in [6, 6.07) is 6.34. The minimum absolute atomic E-state index is 0.0763. The van der Waals surface area contributed by atoms with E-state index in [1.165, 1.54) is 32.2 Å². The molecule has 0 unspecified atom stereocenters. The number of nitrogens with zero attached hydrogens (tertiary/aromatic N) is 2. The maximum absolute atomic E-state index is 12.3. The van der Waals surface area contributed by atoms with Crippen molar-refractivity contribution in [3.8, 4) is 0 Å². The Morgan fingerprint density at radius 1 is 1.29 bits per heavy atom. The molecule has 0 bridgehead atoms. The number of anilines is 1. The summed E-state index contributed by atoms with van der Waals surface area (Å²) in [4.78, 5) is 12.5. The highest BCUT2D eigenvalue weighted by atomic mass is 32.2. The Kier molecular flexibility index (Phi) is 6.13. The van der Waals surface area contributed by atoms with Gasteiger partial charge in [0.05, 0.1) is 12.3 Å². The van der Waals surface area contributed by atoms with Gasteiger partial charge in [-0.2, -0.15) is 0 Å². The van der Waals surface area contributed by atoms with Gasteiger partial charge in [-0.3, -0.25) is 4.79 Å². The number of para-hydroxylation sites is 1. The first-order chi connectivity index (χ1) is 9.80. The molecule has 0 saturated heterocycles. The Balaban J connectivity index is 3.28. The number of hydrogen-bond donors (Lipinski definition) is 1. The third kappa shape index (κ3) is 4.42. The zero-order valence-corrected chi connectivity index (χ0v) is 13.1. The van der Waals surface area contributed by atoms with Gasteiger partial charge in [0.1, 0.15) is 11.4 Å². The highest BCUT2D eigenvalue weighted by Crippen LogP contribution is 2.26. The first-order valence-electron chi connectivity index (χ1n) is 6.28. The van der Waals surface area contributed by atoms with Crippen LogP contribution in [0.25, 0.3) is 0 Å². The van der Waals surface area contributed by atoms with Gasteiger partial charge in [0.25, 0.3) is 0 Å². The van der Waals surface area contributed by atoms with E-state index in [1.807, 2.05) is 0 Å². The van der Waals surface area contributed by atoms with E-state index in [1.54, 1.807) is 18.2 Å². The highest BCUT2D eigenvalue weighted by molar-refractivity contribution is 7.89. The van der Waals surface area contributed by atoms with Gasteiger partial charge in [-0.1, -0.05) is 12.1 Å². The molecule has 0 saturated carbocycles. The van der Waals surface area contributed by atoms with Gasteiger partial charge in [-0.25, -0.2) is 12.7 Å². The number of carboxylic acid groups (broad SMARTS) is 1. The molecule has 0 amide bonds. The first-order valence-corrected chi connectivity index (χ1v) is 7.72. The molecule has 8 heteroatoms. The summed E-state index contributed by atoms with van der Waals surface area (Å²) in [6.07, 6.45) is 0. The molecule has 0 atom stereocenters. The predicted molar refractivity (Wildman–Crippen MR) is 79.0 cm³/mol. The Hall–Kier alpha value is -1.64. The second-order valence-electron chi connectivity index (χ2n) is 4.56. The molecule has 0 aliphatic carbocycles. The van der Waals surface area contributed by atoms with Gasteiger partial charge in [0, 0.05) is 27.7 Å². The lowest BCUT2D eigenvalue weighted by Gasteiger charge is -2.25. The SMILES string of the molecule is COCCN(CC(=O)O)c1ccccc1S(=O)(=O)N(C)C. The fraction of sp³-hybridized carbons (Fsp3) is 0.462. The fourth-order valence-corrected chi connectivity index (χ4v) is 2.89. The molecular weight excluding hydrogens is 296 g/mol. The van der Waals surface area contributed by atoms with E-state index < -0.39 is 16.0 Å². The molecule has 0 aliphatic rings. The van der Waals surface area contributed by atoms with Crippen LogP contribution >= 0.6 is 0 Å². The van der Waals surface area contributed by atoms with Crippen LogP contribution in [0.2, 0.25) is 0 Å². The van der Waals surface area contributed by atoms with Gasteiger partial charge in [0.15, 0.2) is 0 Å². The van der Waals surface area contributed by atoms with Crippen molar-refractivity contribution in [2.45, 2.75) is 4.90 Å². The number of hydrogen-bond acceptors (Lipinski definition) is 5. The van der Waals surface area contributed by atoms with E-state index in [0.29, 0.717) is 12.3 Å². The van der Waals surface area contributed by atoms with Crippen LogP contribution in [0.3, 0.4) is 0 Å². The second kappa shape index (κ2) is 7.39. The van der Waals surface area contributed by atoms with Crippen LogP contribution in [-0.2, 0) is 19.6 Å². The number of methoxy groups -OCH3 is 1. The summed E-state index contributed by atoms with van der Waals surface area (Å²) in [7, 11) is 0.713. The van der Waals surface area contributed by atoms with Gasteiger partial charge in [-0.15, -0.1) is 0 Å². The number of ether oxygens (including phenoxy) is 1. The number of rotatable bonds is 8. The molecule has 21 heavy (non-hydrogen) atoms. The number of carboxylic acids is 1. The summed E-state index contributed by atoms with van der Waals surface area (Å²) >= 11 is 0. The maximum Gasteiger partial charge on any atom is 0.323 e. The van der Waals surface area contributed by atoms with E-state index in [9.17, 15) is 13.2 Å². The van der Waals surface area contributed by atoms with Crippen molar-refractivity contribution in [2.24, 2.45) is 0 Å². The topological polar surface area (TPSA) is 87.1 Å². The quantitative estimate of drug-likeness (QED) is 0.750. The zero-order chi connectivity index (χ0) is 16.0. The van der Waals surface area contributed by atoms with Gasteiger partial charge >= 0.3 is 5.97 Å². The van der Waals surface area contributed by atoms with E-state index >= 15 is 0 Å². The van der Waals surface area contributed by atoms with E-state index in [4.69, 9.17) is 9.84 Å². The highest BCUT2D eigenvalue weighted by Gasteiger charge is 2.24. The molecule has 7 nitrogen and oxygen atoms in total. The summed E-state index contributed by atoms with van der Waals surface area (Å²) in [5.74, 6) is -1.04. The predicted octanol–water partition coefficient (Wildman–Crippen LogP) is 0.474. The number of sulfonamides is 1. The molecule has 0 aromatic heterocycles. The summed E-state index contributed by atoms with van der Waals surface area (Å²) in [5, 5.41) is 9.01. The molecule has 0 fully saturated rings. The Labute approximate surface area is 124 Å². The molecule has 0 radical (unpaired) electrons. The molecular formula is C13H20N2O5S. The van der Waals surface area contributed by atoms with Crippen LogP contribution in [0, 0.1) is 0 Å². The summed E-state index contributed by atoms with van der Waals surface area (Å²) in [5.41, 5.74) is 0.352. The number of carbonyl (C=O) groups is 1. The van der Waals surface area contributed by atoms with Crippen molar-refractivity contribution in [1.82, 2.24) is 4.31 Å². The van der Waals surface area contributed by atoms with Gasteiger partial charge in [-0.05, 0) is 12.1 Å². The minimum Gasteiger partial charge on any atom is -0.480 e. The van der Waals surface area contributed by atoms with Crippen molar-refractivity contribution in [3.05, 3.63) is 24.3 Å². The molecule has 0 spiro atoms. The van der Waals surface area contributed by atoms with Crippen LogP contribution in [0.4, 0.5) is 5.69 Å². The first kappa shape index (κ1) is 17.4. The molecule has 1 aromatic carbocycles. The lowest BCUT2D eigenvalue weighted by molar-refractivity contribution is -0.135.